The molecule has 0 spiro atoms. The van der Waals surface area contributed by atoms with E-state index in [2.05, 4.69) is 75.8 Å². The van der Waals surface area contributed by atoms with Crippen LogP contribution >= 0.6 is 12.4 Å². The van der Waals surface area contributed by atoms with Gasteiger partial charge in [-0.15, -0.1) is 12.4 Å². The number of halogens is 1. The number of nitrogens with zero attached hydrogens (tertiary/aromatic N) is 1. The van der Waals surface area contributed by atoms with E-state index in [1.807, 2.05) is 12.4 Å². The number of imidazole rings is 1. The molecule has 10 heteroatoms. The van der Waals surface area contributed by atoms with Gasteiger partial charge >= 0.3 is 8.80 Å². The molecule has 0 aliphatic heterocycles. The van der Waals surface area contributed by atoms with Gasteiger partial charge < -0.3 is 17.3 Å². The van der Waals surface area contributed by atoms with Gasteiger partial charge in [0.2, 0.25) is 0 Å². The third kappa shape index (κ3) is 10.5. The van der Waals surface area contributed by atoms with E-state index in [1.54, 1.807) is 0 Å². The lowest BCUT2D eigenvalue weighted by Crippen LogP contribution is -2.60. The van der Waals surface area contributed by atoms with Crippen LogP contribution in [0.5, 0.6) is 0 Å². The van der Waals surface area contributed by atoms with Gasteiger partial charge in [0.15, 0.2) is 25.0 Å². The van der Waals surface area contributed by atoms with Crippen molar-refractivity contribution in [2.24, 2.45) is 0 Å². The third-order valence-corrected chi connectivity index (χ3v) is 15.2. The van der Waals surface area contributed by atoms with Crippen LogP contribution in [0, 0.1) is 0 Å². The molecular formula is C16H39ClN2O3Si4. The summed E-state index contributed by atoms with van der Waals surface area (Å²) in [5.74, 6) is 1.36. The first-order valence-corrected chi connectivity index (χ1v) is 21.4. The molecule has 154 valence electrons. The van der Waals surface area contributed by atoms with Crippen molar-refractivity contribution in [3.8, 4) is 0 Å². The zero-order chi connectivity index (χ0) is 19.5. The number of nitrogens with one attached hydrogen (secondary N) is 1. The van der Waals surface area contributed by atoms with Gasteiger partial charge in [0, 0.05) is 24.4 Å². The molecule has 1 heterocycles. The predicted molar refractivity (Wildman–Crippen MR) is 123 cm³/mol. The summed E-state index contributed by atoms with van der Waals surface area (Å²) in [4.78, 5) is 7.63. The van der Waals surface area contributed by atoms with Gasteiger partial charge in [-0.05, 0) is 65.3 Å². The SMILES string of the molecule is CC(CC[Si](O[Si](C)(C)C)(O[Si](C)(C)C)O[Si](C)(C)C)c1ncc[nH]1.Cl. The topological polar surface area (TPSA) is 56.4 Å². The predicted octanol–water partition coefficient (Wildman–Crippen LogP) is 5.82. The zero-order valence-electron chi connectivity index (χ0n) is 18.2. The summed E-state index contributed by atoms with van der Waals surface area (Å²) in [7, 11) is -8.13. The van der Waals surface area contributed by atoms with E-state index >= 15 is 0 Å². The molecule has 5 nitrogen and oxygen atoms in total. The van der Waals surface area contributed by atoms with Crippen LogP contribution < -0.4 is 0 Å². The molecule has 1 atom stereocenters. The molecule has 26 heavy (non-hydrogen) atoms. The van der Waals surface area contributed by atoms with Crippen LogP contribution in [0.4, 0.5) is 0 Å². The van der Waals surface area contributed by atoms with Crippen molar-refractivity contribution in [3.63, 3.8) is 0 Å². The van der Waals surface area contributed by atoms with Gasteiger partial charge in [-0.3, -0.25) is 0 Å². The van der Waals surface area contributed by atoms with E-state index in [0.29, 0.717) is 5.92 Å². The molecule has 0 radical (unpaired) electrons. The molecule has 1 unspecified atom stereocenters. The summed E-state index contributed by atoms with van der Waals surface area (Å²) in [6, 6.07) is 0.855. The maximum Gasteiger partial charge on any atom is 0.469 e. The van der Waals surface area contributed by atoms with Gasteiger partial charge in [0.1, 0.15) is 5.82 Å². The normalized spacial score (nSPS) is 14.8. The molecule has 1 aromatic heterocycles. The summed E-state index contributed by atoms with van der Waals surface area (Å²) < 4.78 is 20.2. The van der Waals surface area contributed by atoms with Gasteiger partial charge in [0.05, 0.1) is 0 Å². The molecule has 1 rings (SSSR count). The molecule has 0 aromatic carbocycles. The molecule has 0 fully saturated rings. The molecule has 0 amide bonds. The lowest BCUT2D eigenvalue weighted by molar-refractivity contribution is 0.249. The Balaban J connectivity index is 0.00000625. The van der Waals surface area contributed by atoms with E-state index in [1.165, 1.54) is 0 Å². The fraction of sp³-hybridized carbons (Fsp3) is 0.812. The van der Waals surface area contributed by atoms with Crippen LogP contribution in [0.15, 0.2) is 12.4 Å². The van der Waals surface area contributed by atoms with Crippen LogP contribution in [-0.4, -0.2) is 43.7 Å². The molecule has 0 aliphatic carbocycles. The first-order valence-electron chi connectivity index (χ1n) is 9.21. The molecular weight excluding hydrogens is 416 g/mol. The maximum absolute atomic E-state index is 6.72. The Morgan fingerprint density at radius 3 is 1.62 bits per heavy atom. The van der Waals surface area contributed by atoms with E-state index in [-0.39, 0.29) is 12.4 Å². The summed E-state index contributed by atoms with van der Waals surface area (Å²) in [5, 5.41) is 0. The highest BCUT2D eigenvalue weighted by molar-refractivity contribution is 6.90. The minimum absolute atomic E-state index is 0. The summed E-state index contributed by atoms with van der Waals surface area (Å²) >= 11 is 0. The Morgan fingerprint density at radius 1 is 0.885 bits per heavy atom. The number of aromatic amines is 1. The molecule has 1 aromatic rings. The average molecular weight is 455 g/mol. The smallest absolute Gasteiger partial charge is 0.417 e. The van der Waals surface area contributed by atoms with Crippen LogP contribution in [0.1, 0.15) is 25.1 Å². The Hall–Kier alpha value is 0.248. The third-order valence-electron chi connectivity index (χ3n) is 3.25. The fourth-order valence-electron chi connectivity index (χ4n) is 2.69. The Morgan fingerprint density at radius 2 is 1.31 bits per heavy atom. The van der Waals surface area contributed by atoms with E-state index in [9.17, 15) is 0 Å². The highest BCUT2D eigenvalue weighted by Gasteiger charge is 2.49. The number of rotatable bonds is 10. The summed E-state index contributed by atoms with van der Waals surface area (Å²) in [6.45, 7) is 22.3. The average Bonchev–Trinajstić information content (AvgIpc) is 2.82. The lowest BCUT2D eigenvalue weighted by Gasteiger charge is -2.43. The highest BCUT2D eigenvalue weighted by Crippen LogP contribution is 2.32. The monoisotopic (exact) mass is 454 g/mol. The molecule has 0 bridgehead atoms. The van der Waals surface area contributed by atoms with Crippen molar-refractivity contribution < 1.29 is 12.3 Å². The fourth-order valence-corrected chi connectivity index (χ4v) is 17.5. The Kier molecular flexibility index (Phi) is 9.73. The minimum Gasteiger partial charge on any atom is -0.417 e. The molecule has 1 N–H and O–H groups in total. The van der Waals surface area contributed by atoms with Crippen molar-refractivity contribution in [1.82, 2.24) is 9.97 Å². The first-order chi connectivity index (χ1) is 11.1. The van der Waals surface area contributed by atoms with Crippen molar-refractivity contribution in [1.29, 1.82) is 0 Å². The number of aromatic nitrogens is 2. The standard InChI is InChI=1S/C16H38N2O3Si4.ClH/c1-15(16-17-12-13-18-16)11-14-25(19-22(2,3)4,20-23(5,6)7)21-24(8,9)10;/h12-13,15H,11,14H2,1-10H3,(H,17,18);1H. The minimum atomic E-state index is -2.73. The summed E-state index contributed by atoms with van der Waals surface area (Å²) in [6.07, 6.45) is 4.65. The highest BCUT2D eigenvalue weighted by atomic mass is 35.5. The van der Waals surface area contributed by atoms with Crippen molar-refractivity contribution >= 4 is 46.2 Å². The Labute approximate surface area is 170 Å². The van der Waals surface area contributed by atoms with Gasteiger partial charge in [-0.1, -0.05) is 6.92 Å². The second kappa shape index (κ2) is 9.64. The summed E-state index contributed by atoms with van der Waals surface area (Å²) in [5.41, 5.74) is 0. The van der Waals surface area contributed by atoms with Crippen molar-refractivity contribution in [2.75, 3.05) is 0 Å². The van der Waals surface area contributed by atoms with Crippen LogP contribution in [0.3, 0.4) is 0 Å². The molecule has 0 aliphatic rings. The molecule has 0 saturated heterocycles. The van der Waals surface area contributed by atoms with E-state index in [4.69, 9.17) is 12.3 Å². The van der Waals surface area contributed by atoms with Crippen LogP contribution in [0.25, 0.3) is 0 Å². The molecule has 0 saturated carbocycles. The zero-order valence-corrected chi connectivity index (χ0v) is 23.0. The van der Waals surface area contributed by atoms with Crippen LogP contribution in [0.2, 0.25) is 65.0 Å². The second-order valence-corrected chi connectivity index (χ2v) is 26.7. The quantitative estimate of drug-likeness (QED) is 0.452. The van der Waals surface area contributed by atoms with Crippen LogP contribution in [-0.2, 0) is 12.3 Å². The largest absolute Gasteiger partial charge is 0.469 e. The van der Waals surface area contributed by atoms with Gasteiger partial charge in [-0.2, -0.15) is 0 Å². The van der Waals surface area contributed by atoms with Crippen molar-refractivity contribution in [2.45, 2.75) is 84.2 Å². The van der Waals surface area contributed by atoms with Gasteiger partial charge in [-0.25, -0.2) is 4.98 Å². The lowest BCUT2D eigenvalue weighted by atomic mass is 10.1. The number of H-pyrrole nitrogens is 1. The first kappa shape index (κ1) is 26.2. The maximum atomic E-state index is 6.72. The van der Waals surface area contributed by atoms with Gasteiger partial charge in [0.25, 0.3) is 0 Å². The number of hydrogen-bond acceptors (Lipinski definition) is 4. The number of hydrogen-bond donors (Lipinski definition) is 1. The van der Waals surface area contributed by atoms with E-state index in [0.717, 1.165) is 18.3 Å². The Bertz CT molecular complexity index is 484. The second-order valence-electron chi connectivity index (χ2n) is 9.74. The van der Waals surface area contributed by atoms with E-state index < -0.39 is 33.8 Å². The van der Waals surface area contributed by atoms with Crippen molar-refractivity contribution in [3.05, 3.63) is 18.2 Å².